The molecule has 0 unspecified atom stereocenters. The van der Waals surface area contributed by atoms with E-state index in [0.717, 1.165) is 17.3 Å². The fourth-order valence-corrected chi connectivity index (χ4v) is 4.62. The maximum atomic E-state index is 13.0. The summed E-state index contributed by atoms with van der Waals surface area (Å²) in [6.45, 7) is 5.03. The average Bonchev–Trinajstić information content (AvgIpc) is 3.05. The molecule has 29 heavy (non-hydrogen) atoms. The van der Waals surface area contributed by atoms with Gasteiger partial charge < -0.3 is 10.2 Å². The van der Waals surface area contributed by atoms with Gasteiger partial charge in [0.1, 0.15) is 0 Å². The van der Waals surface area contributed by atoms with Crippen LogP contribution in [-0.2, 0) is 16.6 Å². The summed E-state index contributed by atoms with van der Waals surface area (Å²) in [5.74, 6) is 0.558. The van der Waals surface area contributed by atoms with Gasteiger partial charge in [-0.3, -0.25) is 9.89 Å². The molecule has 1 heterocycles. The van der Waals surface area contributed by atoms with Crippen molar-refractivity contribution in [3.8, 4) is 0 Å². The monoisotopic (exact) mass is 390 g/mol. The number of aromatic amines is 1. The molecule has 0 bridgehead atoms. The van der Waals surface area contributed by atoms with E-state index >= 15 is 0 Å². The number of carbonyl (C=O) groups is 1. The second kappa shape index (κ2) is 7.64. The Morgan fingerprint density at radius 3 is 2.72 bits per heavy atom. The minimum absolute atomic E-state index is 0.0370. The van der Waals surface area contributed by atoms with Crippen molar-refractivity contribution < 1.29 is 4.79 Å². The van der Waals surface area contributed by atoms with Crippen LogP contribution < -0.4 is 5.32 Å². The van der Waals surface area contributed by atoms with Gasteiger partial charge in [-0.25, -0.2) is 0 Å². The Hall–Kier alpha value is -2.66. The molecule has 0 radical (unpaired) electrons. The van der Waals surface area contributed by atoms with Crippen molar-refractivity contribution >= 4 is 16.8 Å². The van der Waals surface area contributed by atoms with Crippen molar-refractivity contribution in [1.82, 2.24) is 20.4 Å². The highest BCUT2D eigenvalue weighted by Crippen LogP contribution is 2.59. The topological polar surface area (TPSA) is 61.0 Å². The molecule has 2 aromatic carbocycles. The summed E-state index contributed by atoms with van der Waals surface area (Å²) in [5.41, 5.74) is 3.49. The van der Waals surface area contributed by atoms with E-state index in [1.165, 1.54) is 11.1 Å². The summed E-state index contributed by atoms with van der Waals surface area (Å²) in [6, 6.07) is 17.0. The number of benzene rings is 2. The lowest BCUT2D eigenvalue weighted by molar-refractivity contribution is -0.123. The fraction of sp³-hybridized carbons (Fsp3) is 0.417. The first-order valence-corrected chi connectivity index (χ1v) is 10.3. The predicted octanol–water partition coefficient (Wildman–Crippen LogP) is 3.38. The van der Waals surface area contributed by atoms with Crippen molar-refractivity contribution in [2.24, 2.45) is 11.8 Å². The predicted molar refractivity (Wildman–Crippen MR) is 117 cm³/mol. The number of aromatic nitrogens is 2. The van der Waals surface area contributed by atoms with Gasteiger partial charge in [0.05, 0.1) is 17.6 Å². The van der Waals surface area contributed by atoms with E-state index in [4.69, 9.17) is 0 Å². The largest absolute Gasteiger partial charge is 0.354 e. The second-order valence-corrected chi connectivity index (χ2v) is 8.77. The molecule has 3 aromatic rings. The molecule has 1 aliphatic carbocycles. The van der Waals surface area contributed by atoms with E-state index in [1.807, 2.05) is 12.3 Å². The zero-order valence-electron chi connectivity index (χ0n) is 17.6. The third-order valence-corrected chi connectivity index (χ3v) is 6.88. The van der Waals surface area contributed by atoms with E-state index in [2.05, 4.69) is 90.8 Å². The van der Waals surface area contributed by atoms with Crippen LogP contribution in [0.1, 0.15) is 25.0 Å². The summed E-state index contributed by atoms with van der Waals surface area (Å²) >= 11 is 0. The zero-order chi connectivity index (χ0) is 20.6. The number of nitrogens with one attached hydrogen (secondary N) is 2. The van der Waals surface area contributed by atoms with Crippen LogP contribution in [0.5, 0.6) is 0 Å². The summed E-state index contributed by atoms with van der Waals surface area (Å²) < 4.78 is 0. The minimum Gasteiger partial charge on any atom is -0.354 e. The highest BCUT2D eigenvalue weighted by atomic mass is 16.2. The highest BCUT2D eigenvalue weighted by molar-refractivity contribution is 5.85. The van der Waals surface area contributed by atoms with Gasteiger partial charge in [0.25, 0.3) is 0 Å². The molecule has 0 saturated heterocycles. The number of amides is 1. The van der Waals surface area contributed by atoms with Gasteiger partial charge in [-0.05, 0) is 49.7 Å². The number of nitrogens with zero attached hydrogens (tertiary/aromatic N) is 2. The maximum Gasteiger partial charge on any atom is 0.224 e. The minimum atomic E-state index is -0.0642. The van der Waals surface area contributed by atoms with Crippen molar-refractivity contribution in [1.29, 1.82) is 0 Å². The van der Waals surface area contributed by atoms with Crippen molar-refractivity contribution in [3.05, 3.63) is 65.9 Å². The summed E-state index contributed by atoms with van der Waals surface area (Å²) in [4.78, 5) is 15.2. The first-order chi connectivity index (χ1) is 13.9. The molecule has 0 aliphatic heterocycles. The molecule has 5 nitrogen and oxygen atoms in total. The number of hydrogen-bond donors (Lipinski definition) is 2. The molecule has 1 aromatic heterocycles. The first kappa shape index (κ1) is 19.6. The van der Waals surface area contributed by atoms with E-state index in [9.17, 15) is 4.79 Å². The smallest absolute Gasteiger partial charge is 0.224 e. The highest BCUT2D eigenvalue weighted by Gasteiger charge is 2.62. The van der Waals surface area contributed by atoms with Crippen LogP contribution in [0, 0.1) is 11.8 Å². The number of carbonyl (C=O) groups excluding carboxylic acids is 1. The van der Waals surface area contributed by atoms with E-state index in [1.54, 1.807) is 0 Å². The van der Waals surface area contributed by atoms with Crippen LogP contribution in [0.3, 0.4) is 0 Å². The van der Waals surface area contributed by atoms with Crippen LogP contribution in [-0.4, -0.2) is 47.7 Å². The van der Waals surface area contributed by atoms with E-state index in [-0.39, 0.29) is 23.3 Å². The Bertz CT molecular complexity index is 996. The Balaban J connectivity index is 1.40. The molecule has 1 saturated carbocycles. The van der Waals surface area contributed by atoms with Gasteiger partial charge in [0.15, 0.2) is 0 Å². The Labute approximate surface area is 172 Å². The molecule has 2 N–H and O–H groups in total. The summed E-state index contributed by atoms with van der Waals surface area (Å²) in [7, 11) is 4.14. The van der Waals surface area contributed by atoms with Gasteiger partial charge in [-0.2, -0.15) is 5.10 Å². The van der Waals surface area contributed by atoms with Crippen molar-refractivity contribution in [2.75, 3.05) is 20.6 Å². The Morgan fingerprint density at radius 1 is 1.24 bits per heavy atom. The van der Waals surface area contributed by atoms with Gasteiger partial charge in [0.2, 0.25) is 5.91 Å². The molecule has 152 valence electrons. The third-order valence-electron chi connectivity index (χ3n) is 6.88. The summed E-state index contributed by atoms with van der Waals surface area (Å²) in [5, 5.41) is 11.4. The van der Waals surface area contributed by atoms with Gasteiger partial charge >= 0.3 is 0 Å². The number of H-pyrrole nitrogens is 1. The number of likely N-dealkylation sites (N-methyl/N-ethyl adjacent to an activating group) is 1. The van der Waals surface area contributed by atoms with Crippen LogP contribution in [0.25, 0.3) is 10.9 Å². The lowest BCUT2D eigenvalue weighted by Crippen LogP contribution is -2.42. The standard InChI is InChI=1S/C24H30N4O/c1-16-22(24(16,2)19-8-6-5-7-9-19)23(29)25-15-20(28(3)4)13-17-10-11-21-18(12-17)14-26-27-21/h5-12,14,16,20,22H,13,15H2,1-4H3,(H,25,29)(H,26,27)/t16-,20-,22-,24+/m0/s1. The lowest BCUT2D eigenvalue weighted by atomic mass is 9.94. The van der Waals surface area contributed by atoms with E-state index < -0.39 is 0 Å². The molecule has 4 atom stereocenters. The Kier molecular flexibility index (Phi) is 5.17. The zero-order valence-corrected chi connectivity index (χ0v) is 17.6. The number of rotatable bonds is 7. The fourth-order valence-electron chi connectivity index (χ4n) is 4.62. The van der Waals surface area contributed by atoms with Gasteiger partial charge in [-0.1, -0.05) is 50.2 Å². The normalized spacial score (nSPS) is 24.6. The molecular weight excluding hydrogens is 360 g/mol. The third kappa shape index (κ3) is 3.67. The molecule has 4 rings (SSSR count). The second-order valence-electron chi connectivity index (χ2n) is 8.77. The Morgan fingerprint density at radius 2 is 2.00 bits per heavy atom. The van der Waals surface area contributed by atoms with Crippen LogP contribution in [0.2, 0.25) is 0 Å². The molecule has 1 amide bonds. The van der Waals surface area contributed by atoms with Crippen molar-refractivity contribution in [3.63, 3.8) is 0 Å². The quantitative estimate of drug-likeness (QED) is 0.650. The maximum absolute atomic E-state index is 13.0. The molecule has 0 spiro atoms. The molecule has 1 fully saturated rings. The SMILES string of the molecule is C[C@H]1[C@@H](C(=O)NC[C@H](Cc2ccc3[nH]ncc3c2)N(C)C)[C@@]1(C)c1ccccc1. The van der Waals surface area contributed by atoms with E-state index in [0.29, 0.717) is 12.5 Å². The van der Waals surface area contributed by atoms with Gasteiger partial charge in [0, 0.05) is 23.4 Å². The molecule has 5 heteroatoms. The average molecular weight is 391 g/mol. The lowest BCUT2D eigenvalue weighted by Gasteiger charge is -2.25. The number of hydrogen-bond acceptors (Lipinski definition) is 3. The van der Waals surface area contributed by atoms with Crippen LogP contribution in [0.15, 0.2) is 54.7 Å². The molecule has 1 aliphatic rings. The summed E-state index contributed by atoms with van der Waals surface area (Å²) in [6.07, 6.45) is 2.73. The van der Waals surface area contributed by atoms with Crippen molar-refractivity contribution in [2.45, 2.75) is 31.7 Å². The first-order valence-electron chi connectivity index (χ1n) is 10.3. The molecular formula is C24H30N4O. The van der Waals surface area contributed by atoms with Crippen LogP contribution in [0.4, 0.5) is 0 Å². The number of fused-ring (bicyclic) bond motifs is 1. The van der Waals surface area contributed by atoms with Gasteiger partial charge in [-0.15, -0.1) is 0 Å². The van der Waals surface area contributed by atoms with Crippen LogP contribution >= 0.6 is 0 Å².